The molecule has 0 fully saturated rings. The van der Waals surface area contributed by atoms with Crippen LogP contribution in [0.1, 0.15) is 31.2 Å². The molecule has 114 valence electrons. The van der Waals surface area contributed by atoms with E-state index in [0.29, 0.717) is 17.1 Å². The number of benzene rings is 1. The Hall–Kier alpha value is -2.09. The quantitative estimate of drug-likeness (QED) is 0.943. The van der Waals surface area contributed by atoms with Crippen LogP contribution in [0.3, 0.4) is 0 Å². The van der Waals surface area contributed by atoms with E-state index >= 15 is 0 Å². The second-order valence-corrected chi connectivity index (χ2v) is 4.69. The van der Waals surface area contributed by atoms with Crippen LogP contribution in [0.15, 0.2) is 24.3 Å². The van der Waals surface area contributed by atoms with Crippen molar-refractivity contribution >= 4 is 0 Å². The standard InChI is InChI=1S/C13H14F3N3O2/c1-8(2)12-11(7-20)17-18-19(12)9-3-5-10(6-4-9)21-13(14,15)16/h3-6,8,20H,7H2,1-2H3. The van der Waals surface area contributed by atoms with Gasteiger partial charge in [0, 0.05) is 0 Å². The summed E-state index contributed by atoms with van der Waals surface area (Å²) in [5.41, 5.74) is 1.70. The zero-order chi connectivity index (χ0) is 15.6. The molecule has 1 N–H and O–H groups in total. The van der Waals surface area contributed by atoms with Crippen LogP contribution in [0.5, 0.6) is 5.75 Å². The van der Waals surface area contributed by atoms with Gasteiger partial charge in [0.25, 0.3) is 0 Å². The summed E-state index contributed by atoms with van der Waals surface area (Å²) < 4.78 is 41.6. The molecule has 2 rings (SSSR count). The minimum absolute atomic E-state index is 0.0493. The Bertz CT molecular complexity index is 606. The summed E-state index contributed by atoms with van der Waals surface area (Å²) in [5.74, 6) is -0.256. The molecule has 1 aromatic carbocycles. The van der Waals surface area contributed by atoms with Crippen molar-refractivity contribution in [3.63, 3.8) is 0 Å². The van der Waals surface area contributed by atoms with Crippen LogP contribution >= 0.6 is 0 Å². The van der Waals surface area contributed by atoms with Gasteiger partial charge in [-0.25, -0.2) is 4.68 Å². The number of ether oxygens (including phenoxy) is 1. The highest BCUT2D eigenvalue weighted by molar-refractivity contribution is 5.39. The molecule has 5 nitrogen and oxygen atoms in total. The molecule has 0 aliphatic carbocycles. The van der Waals surface area contributed by atoms with Crippen molar-refractivity contribution in [1.82, 2.24) is 15.0 Å². The van der Waals surface area contributed by atoms with Gasteiger partial charge >= 0.3 is 6.36 Å². The fourth-order valence-corrected chi connectivity index (χ4v) is 1.99. The van der Waals surface area contributed by atoms with Crippen molar-refractivity contribution in [2.75, 3.05) is 0 Å². The summed E-state index contributed by atoms with van der Waals surface area (Å²) in [7, 11) is 0. The number of alkyl halides is 3. The maximum Gasteiger partial charge on any atom is 0.573 e. The van der Waals surface area contributed by atoms with Gasteiger partial charge in [-0.15, -0.1) is 18.3 Å². The number of hydrogen-bond acceptors (Lipinski definition) is 4. The first-order valence-electron chi connectivity index (χ1n) is 6.23. The van der Waals surface area contributed by atoms with Crippen LogP contribution in [0.25, 0.3) is 5.69 Å². The highest BCUT2D eigenvalue weighted by Gasteiger charge is 2.31. The highest BCUT2D eigenvalue weighted by atomic mass is 19.4. The molecule has 1 aromatic heterocycles. The van der Waals surface area contributed by atoms with E-state index in [9.17, 15) is 18.3 Å². The lowest BCUT2D eigenvalue weighted by Gasteiger charge is -2.12. The number of aliphatic hydroxyl groups excluding tert-OH is 1. The van der Waals surface area contributed by atoms with Crippen molar-refractivity contribution in [3.05, 3.63) is 35.7 Å². The monoisotopic (exact) mass is 301 g/mol. The molecule has 1 heterocycles. The van der Waals surface area contributed by atoms with Gasteiger partial charge in [-0.05, 0) is 30.2 Å². The lowest BCUT2D eigenvalue weighted by Crippen LogP contribution is -2.17. The lowest BCUT2D eigenvalue weighted by molar-refractivity contribution is -0.274. The van der Waals surface area contributed by atoms with Crippen molar-refractivity contribution < 1.29 is 23.0 Å². The van der Waals surface area contributed by atoms with Crippen molar-refractivity contribution in [2.45, 2.75) is 32.7 Å². The number of hydrogen-bond donors (Lipinski definition) is 1. The van der Waals surface area contributed by atoms with Gasteiger partial charge in [0.05, 0.1) is 18.0 Å². The Morgan fingerprint density at radius 2 is 1.86 bits per heavy atom. The zero-order valence-electron chi connectivity index (χ0n) is 11.4. The largest absolute Gasteiger partial charge is 0.573 e. The SMILES string of the molecule is CC(C)c1c(CO)nnn1-c1ccc(OC(F)(F)F)cc1. The van der Waals surface area contributed by atoms with Gasteiger partial charge in [0.1, 0.15) is 11.4 Å². The fraction of sp³-hybridized carbons (Fsp3) is 0.385. The minimum Gasteiger partial charge on any atom is -0.406 e. The van der Waals surface area contributed by atoms with Gasteiger partial charge in [0.2, 0.25) is 0 Å². The third kappa shape index (κ3) is 3.52. The third-order valence-corrected chi connectivity index (χ3v) is 2.79. The molecule has 21 heavy (non-hydrogen) atoms. The van der Waals surface area contributed by atoms with Crippen LogP contribution in [0.2, 0.25) is 0 Å². The molecule has 0 saturated carbocycles. The summed E-state index contributed by atoms with van der Waals surface area (Å²) in [6.45, 7) is 3.58. The van der Waals surface area contributed by atoms with Crippen molar-refractivity contribution in [1.29, 1.82) is 0 Å². The van der Waals surface area contributed by atoms with E-state index in [4.69, 9.17) is 0 Å². The van der Waals surface area contributed by atoms with Crippen LogP contribution in [0, 0.1) is 0 Å². The molecule has 8 heteroatoms. The molecule has 0 atom stereocenters. The van der Waals surface area contributed by atoms with E-state index in [1.54, 1.807) is 0 Å². The van der Waals surface area contributed by atoms with E-state index < -0.39 is 6.36 Å². The Balaban J connectivity index is 2.33. The van der Waals surface area contributed by atoms with Crippen molar-refractivity contribution in [3.8, 4) is 11.4 Å². The van der Waals surface area contributed by atoms with E-state index in [-0.39, 0.29) is 18.3 Å². The van der Waals surface area contributed by atoms with E-state index in [1.807, 2.05) is 13.8 Å². The van der Waals surface area contributed by atoms with E-state index in [1.165, 1.54) is 28.9 Å². The second kappa shape index (κ2) is 5.72. The van der Waals surface area contributed by atoms with Crippen LogP contribution in [-0.2, 0) is 6.61 Å². The average molecular weight is 301 g/mol. The Labute approximate surface area is 119 Å². The summed E-state index contributed by atoms with van der Waals surface area (Å²) in [4.78, 5) is 0. The summed E-state index contributed by atoms with van der Waals surface area (Å²) in [6.07, 6.45) is -4.72. The van der Waals surface area contributed by atoms with Gasteiger partial charge in [0.15, 0.2) is 0 Å². The van der Waals surface area contributed by atoms with Gasteiger partial charge in [-0.2, -0.15) is 0 Å². The molecule has 2 aromatic rings. The number of halogens is 3. The number of aliphatic hydroxyl groups is 1. The van der Waals surface area contributed by atoms with Crippen LogP contribution in [0.4, 0.5) is 13.2 Å². The van der Waals surface area contributed by atoms with Crippen LogP contribution in [-0.4, -0.2) is 26.5 Å². The smallest absolute Gasteiger partial charge is 0.406 e. The molecule has 0 aliphatic heterocycles. The average Bonchev–Trinajstić information content (AvgIpc) is 2.81. The van der Waals surface area contributed by atoms with Crippen molar-refractivity contribution in [2.24, 2.45) is 0 Å². The van der Waals surface area contributed by atoms with E-state index in [0.717, 1.165) is 0 Å². The van der Waals surface area contributed by atoms with Gasteiger partial charge in [-0.3, -0.25) is 0 Å². The molecule has 0 bridgehead atoms. The number of rotatable bonds is 4. The Morgan fingerprint density at radius 3 is 2.33 bits per heavy atom. The molecule has 0 saturated heterocycles. The van der Waals surface area contributed by atoms with E-state index in [2.05, 4.69) is 15.0 Å². The van der Waals surface area contributed by atoms with Gasteiger partial charge < -0.3 is 9.84 Å². The lowest BCUT2D eigenvalue weighted by atomic mass is 10.1. The third-order valence-electron chi connectivity index (χ3n) is 2.79. The maximum atomic E-state index is 12.1. The minimum atomic E-state index is -4.72. The topological polar surface area (TPSA) is 60.2 Å². The van der Waals surface area contributed by atoms with Crippen LogP contribution < -0.4 is 4.74 Å². The Kier molecular flexibility index (Phi) is 4.17. The zero-order valence-corrected chi connectivity index (χ0v) is 11.4. The summed E-state index contributed by atoms with van der Waals surface area (Å²) >= 11 is 0. The highest BCUT2D eigenvalue weighted by Crippen LogP contribution is 2.25. The first-order chi connectivity index (χ1) is 9.81. The fourth-order valence-electron chi connectivity index (χ4n) is 1.99. The normalized spacial score (nSPS) is 12.0. The summed E-state index contributed by atoms with van der Waals surface area (Å²) in [5, 5.41) is 17.0. The molecule has 0 aliphatic rings. The molecule has 0 spiro atoms. The molecule has 0 unspecified atom stereocenters. The first-order valence-corrected chi connectivity index (χ1v) is 6.23. The molecular weight excluding hydrogens is 287 g/mol. The molecular formula is C13H14F3N3O2. The number of aromatic nitrogens is 3. The Morgan fingerprint density at radius 1 is 1.24 bits per heavy atom. The number of nitrogens with zero attached hydrogens (tertiary/aromatic N) is 3. The second-order valence-electron chi connectivity index (χ2n) is 4.69. The molecule has 0 amide bonds. The predicted octanol–water partition coefficient (Wildman–Crippen LogP) is 2.78. The summed E-state index contributed by atoms with van der Waals surface area (Å²) in [6, 6.07) is 5.30. The van der Waals surface area contributed by atoms with Gasteiger partial charge in [-0.1, -0.05) is 19.1 Å². The predicted molar refractivity (Wildman–Crippen MR) is 68.1 cm³/mol. The first kappa shape index (κ1) is 15.3. The molecule has 0 radical (unpaired) electrons. The maximum absolute atomic E-state index is 12.1.